The van der Waals surface area contributed by atoms with E-state index in [4.69, 9.17) is 0 Å². The van der Waals surface area contributed by atoms with Crippen molar-refractivity contribution in [2.75, 3.05) is 6.54 Å². The molecular formula is C15H23N. The lowest BCUT2D eigenvalue weighted by molar-refractivity contribution is 0.726. The summed E-state index contributed by atoms with van der Waals surface area (Å²) in [6, 6.07) is 8.89. The molecule has 0 amide bonds. The molecule has 0 saturated heterocycles. The lowest BCUT2D eigenvalue weighted by atomic mass is 10.1. The minimum Gasteiger partial charge on any atom is -0.313 e. The molecule has 0 unspecified atom stereocenters. The van der Waals surface area contributed by atoms with Gasteiger partial charge in [-0.25, -0.2) is 0 Å². The van der Waals surface area contributed by atoms with Crippen LogP contribution in [0.4, 0.5) is 0 Å². The molecule has 1 aromatic rings. The zero-order chi connectivity index (χ0) is 11.8. The first kappa shape index (κ1) is 13.0. The molecule has 1 N–H and O–H groups in total. The molecule has 1 heteroatoms. The van der Waals surface area contributed by atoms with Crippen molar-refractivity contribution in [1.82, 2.24) is 5.32 Å². The topological polar surface area (TPSA) is 12.0 Å². The highest BCUT2D eigenvalue weighted by Crippen LogP contribution is 2.08. The summed E-state index contributed by atoms with van der Waals surface area (Å²) < 4.78 is 0. The second kappa shape index (κ2) is 7.24. The molecule has 0 saturated carbocycles. The van der Waals surface area contributed by atoms with Crippen LogP contribution in [0.25, 0.3) is 0 Å². The summed E-state index contributed by atoms with van der Waals surface area (Å²) in [6.07, 6.45) is 4.53. The number of rotatable bonds is 6. The van der Waals surface area contributed by atoms with Crippen LogP contribution >= 0.6 is 0 Å². The monoisotopic (exact) mass is 217 g/mol. The molecule has 88 valence electrons. The molecule has 0 fully saturated rings. The summed E-state index contributed by atoms with van der Waals surface area (Å²) in [5.41, 5.74) is 4.23. The number of nitrogens with one attached hydrogen (secondary N) is 1. The minimum absolute atomic E-state index is 0.973. The van der Waals surface area contributed by atoms with Crippen molar-refractivity contribution in [2.45, 2.75) is 40.2 Å². The Morgan fingerprint density at radius 1 is 1.12 bits per heavy atom. The van der Waals surface area contributed by atoms with Crippen molar-refractivity contribution in [2.24, 2.45) is 0 Å². The average molecular weight is 217 g/mol. The molecule has 0 aromatic heterocycles. The zero-order valence-electron chi connectivity index (χ0n) is 10.7. The van der Waals surface area contributed by atoms with E-state index in [-0.39, 0.29) is 0 Å². The van der Waals surface area contributed by atoms with Gasteiger partial charge in [-0.2, -0.15) is 0 Å². The zero-order valence-corrected chi connectivity index (χ0v) is 10.7. The van der Waals surface area contributed by atoms with Crippen molar-refractivity contribution in [1.29, 1.82) is 0 Å². The second-order valence-corrected chi connectivity index (χ2v) is 4.20. The Morgan fingerprint density at radius 2 is 1.75 bits per heavy atom. The van der Waals surface area contributed by atoms with Gasteiger partial charge >= 0.3 is 0 Å². The van der Waals surface area contributed by atoms with Gasteiger partial charge in [0, 0.05) is 6.54 Å². The lowest BCUT2D eigenvalue weighted by Crippen LogP contribution is -2.11. The largest absolute Gasteiger partial charge is 0.313 e. The summed E-state index contributed by atoms with van der Waals surface area (Å²) >= 11 is 0. The van der Waals surface area contributed by atoms with Gasteiger partial charge in [0.25, 0.3) is 0 Å². The van der Waals surface area contributed by atoms with E-state index in [1.54, 1.807) is 0 Å². The molecule has 0 atom stereocenters. The normalized spacial score (nSPS) is 11.8. The van der Waals surface area contributed by atoms with Crippen LogP contribution in [0.5, 0.6) is 0 Å². The molecule has 0 spiro atoms. The van der Waals surface area contributed by atoms with Crippen LogP contribution in [-0.2, 0) is 13.0 Å². The highest BCUT2D eigenvalue weighted by molar-refractivity contribution is 5.24. The van der Waals surface area contributed by atoms with Crippen molar-refractivity contribution in [3.05, 3.63) is 47.0 Å². The molecule has 0 aliphatic heterocycles. The highest BCUT2D eigenvalue weighted by atomic mass is 14.8. The van der Waals surface area contributed by atoms with Gasteiger partial charge in [-0.1, -0.05) is 49.8 Å². The van der Waals surface area contributed by atoms with E-state index >= 15 is 0 Å². The molecule has 1 aromatic carbocycles. The van der Waals surface area contributed by atoms with E-state index in [1.807, 2.05) is 0 Å². The van der Waals surface area contributed by atoms with Gasteiger partial charge in [0.05, 0.1) is 0 Å². The standard InChI is InChI=1S/C15H23N/c1-4-13(3)6-7-14-8-10-15(11-9-14)12-16-5-2/h6,8-11,16H,4-5,7,12H2,1-3H3/b13-6+. The van der Waals surface area contributed by atoms with Gasteiger partial charge < -0.3 is 5.32 Å². The summed E-state index contributed by atoms with van der Waals surface area (Å²) in [6.45, 7) is 8.53. The van der Waals surface area contributed by atoms with Crippen molar-refractivity contribution in [3.8, 4) is 0 Å². The second-order valence-electron chi connectivity index (χ2n) is 4.20. The maximum atomic E-state index is 3.33. The van der Waals surface area contributed by atoms with E-state index < -0.39 is 0 Å². The molecule has 0 bridgehead atoms. The molecule has 16 heavy (non-hydrogen) atoms. The Balaban J connectivity index is 2.51. The van der Waals surface area contributed by atoms with Crippen LogP contribution in [0.2, 0.25) is 0 Å². The first-order valence-electron chi connectivity index (χ1n) is 6.20. The fraction of sp³-hybridized carbons (Fsp3) is 0.467. The van der Waals surface area contributed by atoms with Gasteiger partial charge in [-0.3, -0.25) is 0 Å². The summed E-state index contributed by atoms with van der Waals surface area (Å²) in [7, 11) is 0. The third-order valence-electron chi connectivity index (χ3n) is 2.85. The first-order chi connectivity index (χ1) is 7.76. The Bertz CT molecular complexity index is 322. The Hall–Kier alpha value is -1.08. The predicted octanol–water partition coefficient (Wildman–Crippen LogP) is 3.69. The maximum absolute atomic E-state index is 3.33. The van der Waals surface area contributed by atoms with Crippen molar-refractivity contribution < 1.29 is 0 Å². The van der Waals surface area contributed by atoms with Crippen LogP contribution in [0, 0.1) is 0 Å². The third-order valence-corrected chi connectivity index (χ3v) is 2.85. The van der Waals surface area contributed by atoms with Crippen LogP contribution in [0.15, 0.2) is 35.9 Å². The van der Waals surface area contributed by atoms with E-state index in [9.17, 15) is 0 Å². The fourth-order valence-electron chi connectivity index (χ4n) is 1.50. The summed E-state index contributed by atoms with van der Waals surface area (Å²) in [4.78, 5) is 0. The van der Waals surface area contributed by atoms with Crippen molar-refractivity contribution >= 4 is 0 Å². The SMILES string of the molecule is CCNCc1ccc(C/C=C(\C)CC)cc1. The third kappa shape index (κ3) is 4.63. The van der Waals surface area contributed by atoms with Gasteiger partial charge in [0.1, 0.15) is 0 Å². The summed E-state index contributed by atoms with van der Waals surface area (Å²) in [5, 5.41) is 3.33. The van der Waals surface area contributed by atoms with E-state index in [1.165, 1.54) is 16.7 Å². The highest BCUT2D eigenvalue weighted by Gasteiger charge is 1.93. The smallest absolute Gasteiger partial charge is 0.0205 e. The number of hydrogen-bond acceptors (Lipinski definition) is 1. The van der Waals surface area contributed by atoms with Crippen LogP contribution in [0.3, 0.4) is 0 Å². The average Bonchev–Trinajstić information content (AvgIpc) is 2.34. The van der Waals surface area contributed by atoms with Crippen LogP contribution in [0.1, 0.15) is 38.3 Å². The van der Waals surface area contributed by atoms with Crippen molar-refractivity contribution in [3.63, 3.8) is 0 Å². The van der Waals surface area contributed by atoms with E-state index in [0.29, 0.717) is 0 Å². The van der Waals surface area contributed by atoms with Crippen LogP contribution in [-0.4, -0.2) is 6.54 Å². The minimum atomic E-state index is 0.973. The Morgan fingerprint density at radius 3 is 2.31 bits per heavy atom. The Kier molecular flexibility index (Phi) is 5.87. The molecule has 0 aliphatic rings. The number of allylic oxidation sites excluding steroid dienone is 2. The van der Waals surface area contributed by atoms with E-state index in [0.717, 1.165) is 25.9 Å². The number of benzene rings is 1. The molecule has 1 rings (SSSR count). The number of hydrogen-bond donors (Lipinski definition) is 1. The molecule has 0 aliphatic carbocycles. The molecule has 0 radical (unpaired) electrons. The van der Waals surface area contributed by atoms with Gasteiger partial charge in [-0.05, 0) is 37.4 Å². The molecular weight excluding hydrogens is 194 g/mol. The lowest BCUT2D eigenvalue weighted by Gasteiger charge is -2.03. The van der Waals surface area contributed by atoms with E-state index in [2.05, 4.69) is 56.4 Å². The Labute approximate surface area is 99.6 Å². The predicted molar refractivity (Wildman–Crippen MR) is 71.6 cm³/mol. The first-order valence-corrected chi connectivity index (χ1v) is 6.20. The summed E-state index contributed by atoms with van der Waals surface area (Å²) in [5.74, 6) is 0. The van der Waals surface area contributed by atoms with Gasteiger partial charge in [-0.15, -0.1) is 0 Å². The van der Waals surface area contributed by atoms with Gasteiger partial charge in [0.2, 0.25) is 0 Å². The maximum Gasteiger partial charge on any atom is 0.0205 e. The quantitative estimate of drug-likeness (QED) is 0.716. The molecule has 1 nitrogen and oxygen atoms in total. The van der Waals surface area contributed by atoms with Gasteiger partial charge in [0.15, 0.2) is 0 Å². The van der Waals surface area contributed by atoms with Crippen LogP contribution < -0.4 is 5.32 Å². The fourth-order valence-corrected chi connectivity index (χ4v) is 1.50. The molecule has 0 heterocycles.